The lowest BCUT2D eigenvalue weighted by atomic mass is 10.0. The average molecular weight is 505 g/mol. The van der Waals surface area contributed by atoms with Crippen LogP contribution in [0.5, 0.6) is 0 Å². The van der Waals surface area contributed by atoms with Gasteiger partial charge in [0.05, 0.1) is 12.1 Å². The Labute approximate surface area is 210 Å². The van der Waals surface area contributed by atoms with E-state index in [1.54, 1.807) is 48.3 Å². The number of nitrogens with one attached hydrogen (secondary N) is 2. The summed E-state index contributed by atoms with van der Waals surface area (Å²) in [5.41, 5.74) is 3.01. The van der Waals surface area contributed by atoms with E-state index in [1.807, 2.05) is 41.1 Å². The van der Waals surface area contributed by atoms with Gasteiger partial charge in [0, 0.05) is 71.9 Å². The Hall–Kier alpha value is -3.76. The number of hydrogen-bond donors (Lipinski definition) is 2. The summed E-state index contributed by atoms with van der Waals surface area (Å²) < 4.78 is 27.8. The van der Waals surface area contributed by atoms with Crippen molar-refractivity contribution in [3.63, 3.8) is 0 Å². The maximum Gasteiger partial charge on any atom is 0.255 e. The van der Waals surface area contributed by atoms with E-state index in [1.165, 1.54) is 0 Å². The molecule has 1 aliphatic heterocycles. The van der Waals surface area contributed by atoms with E-state index in [-0.39, 0.29) is 17.7 Å². The quantitative estimate of drug-likeness (QED) is 0.395. The summed E-state index contributed by atoms with van der Waals surface area (Å²) >= 11 is 0. The predicted molar refractivity (Wildman–Crippen MR) is 141 cm³/mol. The predicted octanol–water partition coefficient (Wildman–Crippen LogP) is 3.90. The smallest absolute Gasteiger partial charge is 0.255 e. The molecule has 4 aromatic rings. The largest absolute Gasteiger partial charge is 0.382 e. The first kappa shape index (κ1) is 24.0. The number of aromatic nitrogens is 3. The van der Waals surface area contributed by atoms with Gasteiger partial charge in [0.25, 0.3) is 5.91 Å². The first-order valence-electron chi connectivity index (χ1n) is 11.9. The number of carbonyl (C=O) groups excluding carboxylic acids is 1. The minimum absolute atomic E-state index is 0.120. The van der Waals surface area contributed by atoms with E-state index >= 15 is 0 Å². The highest BCUT2D eigenvalue weighted by Gasteiger charge is 2.27. The number of sulfonamides is 1. The number of anilines is 2. The van der Waals surface area contributed by atoms with Crippen LogP contribution in [0.4, 0.5) is 11.4 Å². The molecular formula is C26H28N6O3S. The third kappa shape index (κ3) is 5.09. The van der Waals surface area contributed by atoms with Crippen LogP contribution in [-0.2, 0) is 10.0 Å². The number of pyridine rings is 1. The van der Waals surface area contributed by atoms with Gasteiger partial charge in [-0.25, -0.2) is 17.7 Å². The number of fused-ring (bicyclic) bond motifs is 1. The molecule has 0 bridgehead atoms. The summed E-state index contributed by atoms with van der Waals surface area (Å²) in [5, 5.41) is 8.48. The van der Waals surface area contributed by atoms with Gasteiger partial charge in [-0.05, 0) is 67.6 Å². The molecule has 0 saturated carbocycles. The van der Waals surface area contributed by atoms with Crippen LogP contribution in [0.2, 0.25) is 0 Å². The third-order valence-corrected chi connectivity index (χ3v) is 8.40. The Morgan fingerprint density at radius 3 is 2.53 bits per heavy atom. The zero-order valence-electron chi connectivity index (χ0n) is 20.0. The Kier molecular flexibility index (Phi) is 6.71. The SMILES string of the molecule is CCS(=O)(=O)N1CCC(Nc2cc(NC(=O)c3ccc(-n4ccnc4)cc3)cc3ccncc23)CC1. The Balaban J connectivity index is 1.33. The van der Waals surface area contributed by atoms with Crippen LogP contribution in [-0.4, -0.2) is 58.0 Å². The number of piperidine rings is 1. The van der Waals surface area contributed by atoms with Gasteiger partial charge in [-0.3, -0.25) is 9.78 Å². The molecule has 5 rings (SSSR count). The normalized spacial score (nSPS) is 15.1. The maximum absolute atomic E-state index is 13.0. The molecule has 2 N–H and O–H groups in total. The van der Waals surface area contributed by atoms with Gasteiger partial charge >= 0.3 is 0 Å². The average Bonchev–Trinajstić information content (AvgIpc) is 3.44. The summed E-state index contributed by atoms with van der Waals surface area (Å²) in [6.45, 7) is 2.66. The van der Waals surface area contributed by atoms with Gasteiger partial charge in [0.1, 0.15) is 0 Å². The second kappa shape index (κ2) is 10.1. The standard InChI is InChI=1S/C26H28N6O3S/c1-2-36(34,35)32-12-8-21(9-13-32)29-25-16-22(15-20-7-10-27-17-24(20)25)30-26(33)19-3-5-23(6-4-19)31-14-11-28-18-31/h3-7,10-11,14-18,21,29H,2,8-9,12-13H2,1H3,(H,30,33). The van der Waals surface area contributed by atoms with Crippen molar-refractivity contribution >= 4 is 38.1 Å². The molecule has 1 fully saturated rings. The number of hydrogen-bond acceptors (Lipinski definition) is 6. The fourth-order valence-corrected chi connectivity index (χ4v) is 5.60. The highest BCUT2D eigenvalue weighted by molar-refractivity contribution is 7.89. The number of nitrogens with zero attached hydrogens (tertiary/aromatic N) is 4. The molecule has 1 saturated heterocycles. The molecule has 0 unspecified atom stereocenters. The van der Waals surface area contributed by atoms with E-state index in [9.17, 15) is 13.2 Å². The molecule has 0 radical (unpaired) electrons. The summed E-state index contributed by atoms with van der Waals surface area (Å²) in [7, 11) is -3.17. The van der Waals surface area contributed by atoms with Crippen LogP contribution in [0, 0.1) is 0 Å². The zero-order valence-corrected chi connectivity index (χ0v) is 20.8. The van der Waals surface area contributed by atoms with Crippen molar-refractivity contribution in [1.29, 1.82) is 0 Å². The van der Waals surface area contributed by atoms with Crippen molar-refractivity contribution in [3.05, 3.63) is 79.1 Å². The maximum atomic E-state index is 13.0. The topological polar surface area (TPSA) is 109 Å². The fourth-order valence-electron chi connectivity index (χ4n) is 4.47. The number of imidazole rings is 1. The van der Waals surface area contributed by atoms with Crippen LogP contribution >= 0.6 is 0 Å². The van der Waals surface area contributed by atoms with Crippen molar-refractivity contribution in [2.75, 3.05) is 29.5 Å². The Bertz CT molecular complexity index is 1460. The van der Waals surface area contributed by atoms with Gasteiger partial charge in [0.15, 0.2) is 0 Å². The number of amides is 1. The van der Waals surface area contributed by atoms with Crippen molar-refractivity contribution in [2.24, 2.45) is 0 Å². The molecule has 186 valence electrons. The number of rotatable bonds is 7. The number of benzene rings is 2. The monoisotopic (exact) mass is 504 g/mol. The molecular weight excluding hydrogens is 476 g/mol. The van der Waals surface area contributed by atoms with Crippen LogP contribution < -0.4 is 10.6 Å². The van der Waals surface area contributed by atoms with Crippen molar-refractivity contribution in [1.82, 2.24) is 18.8 Å². The summed E-state index contributed by atoms with van der Waals surface area (Å²) in [6.07, 6.45) is 10.2. The van der Waals surface area contributed by atoms with Gasteiger partial charge in [-0.1, -0.05) is 0 Å². The van der Waals surface area contributed by atoms with Crippen LogP contribution in [0.25, 0.3) is 16.5 Å². The minimum Gasteiger partial charge on any atom is -0.382 e. The molecule has 1 amide bonds. The van der Waals surface area contributed by atoms with Crippen molar-refractivity contribution in [3.8, 4) is 5.69 Å². The van der Waals surface area contributed by atoms with Gasteiger partial charge < -0.3 is 15.2 Å². The minimum atomic E-state index is -3.17. The molecule has 36 heavy (non-hydrogen) atoms. The van der Waals surface area contributed by atoms with E-state index in [0.29, 0.717) is 37.2 Å². The third-order valence-electron chi connectivity index (χ3n) is 6.52. The molecule has 2 aromatic carbocycles. The summed E-state index contributed by atoms with van der Waals surface area (Å²) in [4.78, 5) is 21.3. The van der Waals surface area contributed by atoms with Crippen molar-refractivity contribution in [2.45, 2.75) is 25.8 Å². The summed E-state index contributed by atoms with van der Waals surface area (Å²) in [5.74, 6) is -0.0836. The van der Waals surface area contributed by atoms with Crippen LogP contribution in [0.15, 0.2) is 73.6 Å². The second-order valence-electron chi connectivity index (χ2n) is 8.81. The molecule has 0 aliphatic carbocycles. The molecule has 9 nitrogen and oxygen atoms in total. The highest BCUT2D eigenvalue weighted by Crippen LogP contribution is 2.30. The molecule has 3 heterocycles. The molecule has 0 spiro atoms. The first-order chi connectivity index (χ1) is 17.4. The van der Waals surface area contributed by atoms with Crippen molar-refractivity contribution < 1.29 is 13.2 Å². The fraction of sp³-hybridized carbons (Fsp3) is 0.269. The van der Waals surface area contributed by atoms with Gasteiger partial charge in [0.2, 0.25) is 10.0 Å². The summed E-state index contributed by atoms with van der Waals surface area (Å²) in [6, 6.07) is 13.2. The molecule has 10 heteroatoms. The van der Waals surface area contributed by atoms with Crippen LogP contribution in [0.3, 0.4) is 0 Å². The zero-order chi connectivity index (χ0) is 25.1. The molecule has 1 aliphatic rings. The van der Waals surface area contributed by atoms with E-state index in [4.69, 9.17) is 0 Å². The van der Waals surface area contributed by atoms with E-state index < -0.39 is 10.0 Å². The lowest BCUT2D eigenvalue weighted by Crippen LogP contribution is -2.42. The lowest BCUT2D eigenvalue weighted by Gasteiger charge is -2.32. The van der Waals surface area contributed by atoms with E-state index in [2.05, 4.69) is 20.6 Å². The lowest BCUT2D eigenvalue weighted by molar-refractivity contribution is 0.102. The first-order valence-corrected chi connectivity index (χ1v) is 13.6. The Morgan fingerprint density at radius 1 is 1.06 bits per heavy atom. The second-order valence-corrected chi connectivity index (χ2v) is 11.1. The molecule has 2 aromatic heterocycles. The van der Waals surface area contributed by atoms with Gasteiger partial charge in [-0.15, -0.1) is 0 Å². The van der Waals surface area contributed by atoms with E-state index in [0.717, 1.165) is 22.1 Å². The highest BCUT2D eigenvalue weighted by atomic mass is 32.2. The number of carbonyl (C=O) groups is 1. The van der Waals surface area contributed by atoms with Gasteiger partial charge in [-0.2, -0.15) is 0 Å². The Morgan fingerprint density at radius 2 is 1.83 bits per heavy atom. The molecule has 0 atom stereocenters. The van der Waals surface area contributed by atoms with Crippen LogP contribution in [0.1, 0.15) is 30.1 Å².